The van der Waals surface area contributed by atoms with Gasteiger partial charge in [0.15, 0.2) is 0 Å². The Morgan fingerprint density at radius 3 is 2.85 bits per heavy atom. The number of rotatable bonds is 3. The van der Waals surface area contributed by atoms with Gasteiger partial charge in [0.25, 0.3) is 0 Å². The summed E-state index contributed by atoms with van der Waals surface area (Å²) in [6.07, 6.45) is 1.03. The molecule has 2 N–H and O–H groups in total. The van der Waals surface area contributed by atoms with E-state index in [-0.39, 0.29) is 5.56 Å². The van der Waals surface area contributed by atoms with Crippen LogP contribution in [0.2, 0.25) is 0 Å². The second kappa shape index (κ2) is 4.89. The highest BCUT2D eigenvalue weighted by atomic mass is 16.4. The smallest absolute Gasteiger partial charge is 0.337 e. The molecule has 0 saturated heterocycles. The van der Waals surface area contributed by atoms with Crippen LogP contribution in [-0.2, 0) is 6.42 Å². The molecule has 4 nitrogen and oxygen atoms in total. The van der Waals surface area contributed by atoms with Crippen LogP contribution in [0.25, 0.3) is 0 Å². The van der Waals surface area contributed by atoms with Gasteiger partial charge in [0.05, 0.1) is 11.3 Å². The Morgan fingerprint density at radius 1 is 1.25 bits per heavy atom. The number of fused-ring (bicyclic) bond motifs is 1. The molecule has 1 aliphatic heterocycles. The van der Waals surface area contributed by atoms with Gasteiger partial charge in [0.1, 0.15) is 0 Å². The van der Waals surface area contributed by atoms with E-state index >= 15 is 0 Å². The van der Waals surface area contributed by atoms with Crippen LogP contribution < -0.4 is 10.2 Å². The maximum absolute atomic E-state index is 11.2. The second-order valence-electron chi connectivity index (χ2n) is 4.99. The van der Waals surface area contributed by atoms with Crippen molar-refractivity contribution in [3.63, 3.8) is 0 Å². The standard InChI is InChI=1S/C16H16N2O2/c1-18-9-8-11-10-12(6-7-15(11)18)17-14-5-3-2-4-13(14)16(19)20/h2-7,10,17H,8-9H2,1H3,(H,19,20). The zero-order valence-corrected chi connectivity index (χ0v) is 11.3. The van der Waals surface area contributed by atoms with Crippen molar-refractivity contribution < 1.29 is 9.90 Å². The van der Waals surface area contributed by atoms with Gasteiger partial charge in [0, 0.05) is 25.0 Å². The molecule has 2 aromatic carbocycles. The quantitative estimate of drug-likeness (QED) is 0.898. The maximum Gasteiger partial charge on any atom is 0.337 e. The van der Waals surface area contributed by atoms with Crippen molar-refractivity contribution in [1.82, 2.24) is 0 Å². The van der Waals surface area contributed by atoms with Crippen molar-refractivity contribution in [2.45, 2.75) is 6.42 Å². The minimum absolute atomic E-state index is 0.283. The number of hydrogen-bond donors (Lipinski definition) is 2. The number of anilines is 3. The first-order valence-corrected chi connectivity index (χ1v) is 6.58. The largest absolute Gasteiger partial charge is 0.478 e. The summed E-state index contributed by atoms with van der Waals surface area (Å²) in [4.78, 5) is 13.4. The monoisotopic (exact) mass is 268 g/mol. The highest BCUT2D eigenvalue weighted by Crippen LogP contribution is 2.30. The summed E-state index contributed by atoms with van der Waals surface area (Å²) in [5.74, 6) is -0.922. The third kappa shape index (κ3) is 2.20. The predicted molar refractivity (Wildman–Crippen MR) is 80.1 cm³/mol. The molecule has 2 aromatic rings. The fraction of sp³-hybridized carbons (Fsp3) is 0.188. The molecule has 0 atom stereocenters. The lowest BCUT2D eigenvalue weighted by molar-refractivity contribution is 0.0698. The van der Waals surface area contributed by atoms with E-state index < -0.39 is 5.97 Å². The van der Waals surface area contributed by atoms with Crippen LogP contribution in [0.4, 0.5) is 17.1 Å². The summed E-state index contributed by atoms with van der Waals surface area (Å²) < 4.78 is 0. The highest BCUT2D eigenvalue weighted by molar-refractivity contribution is 5.95. The first-order chi connectivity index (χ1) is 9.65. The Balaban J connectivity index is 1.91. The maximum atomic E-state index is 11.2. The summed E-state index contributed by atoms with van der Waals surface area (Å²) in [7, 11) is 2.08. The third-order valence-corrected chi connectivity index (χ3v) is 3.64. The highest BCUT2D eigenvalue weighted by Gasteiger charge is 2.16. The normalized spacial score (nSPS) is 13.2. The van der Waals surface area contributed by atoms with Crippen LogP contribution in [-0.4, -0.2) is 24.7 Å². The Hall–Kier alpha value is -2.49. The molecular weight excluding hydrogens is 252 g/mol. The number of benzene rings is 2. The lowest BCUT2D eigenvalue weighted by Gasteiger charge is -2.13. The number of hydrogen-bond acceptors (Lipinski definition) is 3. The van der Waals surface area contributed by atoms with Crippen molar-refractivity contribution in [3.8, 4) is 0 Å². The first-order valence-electron chi connectivity index (χ1n) is 6.58. The van der Waals surface area contributed by atoms with Crippen LogP contribution in [0.1, 0.15) is 15.9 Å². The molecule has 3 rings (SSSR count). The van der Waals surface area contributed by atoms with E-state index in [0.29, 0.717) is 5.69 Å². The summed E-state index contributed by atoms with van der Waals surface area (Å²) in [6, 6.07) is 13.1. The number of carboxylic acid groups (broad SMARTS) is 1. The molecule has 0 fully saturated rings. The van der Waals surface area contributed by atoms with Gasteiger partial charge >= 0.3 is 5.97 Å². The minimum Gasteiger partial charge on any atom is -0.478 e. The molecule has 0 amide bonds. The molecular formula is C16H16N2O2. The van der Waals surface area contributed by atoms with Crippen molar-refractivity contribution in [3.05, 3.63) is 53.6 Å². The average molecular weight is 268 g/mol. The van der Waals surface area contributed by atoms with Crippen LogP contribution in [0, 0.1) is 0 Å². The number of para-hydroxylation sites is 1. The zero-order valence-electron chi connectivity index (χ0n) is 11.3. The van der Waals surface area contributed by atoms with Gasteiger partial charge in [-0.1, -0.05) is 12.1 Å². The fourth-order valence-corrected chi connectivity index (χ4v) is 2.58. The summed E-state index contributed by atoms with van der Waals surface area (Å²) >= 11 is 0. The Kier molecular flexibility index (Phi) is 3.06. The molecule has 1 aliphatic rings. The number of carboxylic acids is 1. The number of nitrogens with one attached hydrogen (secondary N) is 1. The number of likely N-dealkylation sites (N-methyl/N-ethyl adjacent to an activating group) is 1. The number of carbonyl (C=O) groups is 1. The Morgan fingerprint density at radius 2 is 2.05 bits per heavy atom. The van der Waals surface area contributed by atoms with Gasteiger partial charge in [0.2, 0.25) is 0 Å². The Bertz CT molecular complexity index is 667. The second-order valence-corrected chi connectivity index (χ2v) is 4.99. The van der Waals surface area contributed by atoms with Crippen molar-refractivity contribution in [1.29, 1.82) is 0 Å². The molecule has 0 radical (unpaired) electrons. The topological polar surface area (TPSA) is 52.6 Å². The molecule has 0 saturated carbocycles. The summed E-state index contributed by atoms with van der Waals surface area (Å²) in [6.45, 7) is 1.03. The lowest BCUT2D eigenvalue weighted by Crippen LogP contribution is -2.12. The van der Waals surface area contributed by atoms with Crippen LogP contribution >= 0.6 is 0 Å². The van der Waals surface area contributed by atoms with Gasteiger partial charge in [-0.05, 0) is 42.3 Å². The Labute approximate surface area is 117 Å². The molecule has 0 bridgehead atoms. The molecule has 0 aromatic heterocycles. The SMILES string of the molecule is CN1CCc2cc(Nc3ccccc3C(=O)O)ccc21. The third-order valence-electron chi connectivity index (χ3n) is 3.64. The lowest BCUT2D eigenvalue weighted by atomic mass is 10.1. The van der Waals surface area contributed by atoms with Gasteiger partial charge < -0.3 is 15.3 Å². The van der Waals surface area contributed by atoms with Crippen LogP contribution in [0.5, 0.6) is 0 Å². The molecule has 0 unspecified atom stereocenters. The average Bonchev–Trinajstić information content (AvgIpc) is 2.80. The molecule has 20 heavy (non-hydrogen) atoms. The van der Waals surface area contributed by atoms with Gasteiger partial charge in [-0.2, -0.15) is 0 Å². The van der Waals surface area contributed by atoms with Crippen LogP contribution in [0.3, 0.4) is 0 Å². The van der Waals surface area contributed by atoms with Crippen LogP contribution in [0.15, 0.2) is 42.5 Å². The van der Waals surface area contributed by atoms with Crippen molar-refractivity contribution in [2.24, 2.45) is 0 Å². The van der Waals surface area contributed by atoms with Gasteiger partial charge in [-0.25, -0.2) is 4.79 Å². The number of aromatic carboxylic acids is 1. The van der Waals surface area contributed by atoms with Gasteiger partial charge in [-0.3, -0.25) is 0 Å². The van der Waals surface area contributed by atoms with E-state index in [1.54, 1.807) is 18.2 Å². The van der Waals surface area contributed by atoms with Gasteiger partial charge in [-0.15, -0.1) is 0 Å². The zero-order chi connectivity index (χ0) is 14.1. The number of nitrogens with zero attached hydrogens (tertiary/aromatic N) is 1. The summed E-state index contributed by atoms with van der Waals surface area (Å²) in [5.41, 5.74) is 4.37. The van der Waals surface area contributed by atoms with Crippen molar-refractivity contribution in [2.75, 3.05) is 23.8 Å². The molecule has 1 heterocycles. The fourth-order valence-electron chi connectivity index (χ4n) is 2.58. The molecule has 4 heteroatoms. The van der Waals surface area contributed by atoms with E-state index in [2.05, 4.69) is 29.4 Å². The molecule has 0 aliphatic carbocycles. The first kappa shape index (κ1) is 12.5. The van der Waals surface area contributed by atoms with E-state index in [1.807, 2.05) is 12.1 Å². The van der Waals surface area contributed by atoms with E-state index in [4.69, 9.17) is 0 Å². The summed E-state index contributed by atoms with van der Waals surface area (Å²) in [5, 5.41) is 12.4. The van der Waals surface area contributed by atoms with Crippen molar-refractivity contribution >= 4 is 23.0 Å². The van der Waals surface area contributed by atoms with E-state index in [0.717, 1.165) is 18.7 Å². The minimum atomic E-state index is -0.922. The molecule has 0 spiro atoms. The molecule has 102 valence electrons. The van der Waals surface area contributed by atoms with E-state index in [9.17, 15) is 9.90 Å². The predicted octanol–water partition coefficient (Wildman–Crippen LogP) is 3.12. The van der Waals surface area contributed by atoms with E-state index in [1.165, 1.54) is 11.3 Å².